The molecule has 2 aromatic rings. The Morgan fingerprint density at radius 1 is 1.26 bits per heavy atom. The minimum absolute atomic E-state index is 0.107. The largest absolute Gasteiger partial charge is 0.335 e. The molecule has 1 unspecified atom stereocenters. The molecule has 2 aliphatic heterocycles. The summed E-state index contributed by atoms with van der Waals surface area (Å²) in [6, 6.07) is 3.96. The van der Waals surface area contributed by atoms with Gasteiger partial charge in [-0.3, -0.25) is 4.79 Å². The first-order valence-corrected chi connectivity index (χ1v) is 9.02. The van der Waals surface area contributed by atoms with Gasteiger partial charge >= 0.3 is 0 Å². The molecule has 2 nitrogen and oxygen atoms in total. The van der Waals surface area contributed by atoms with Crippen molar-refractivity contribution in [3.8, 4) is 10.4 Å². The molecule has 7 heteroatoms. The molecule has 0 spiro atoms. The molecule has 0 aliphatic carbocycles. The highest BCUT2D eigenvalue weighted by molar-refractivity contribution is 7.98. The monoisotopic (exact) mass is 355 g/mol. The Labute approximate surface area is 139 Å². The normalized spacial score (nSPS) is 19.6. The molecular formula is C16H12F3NOS2. The molecule has 1 aromatic carbocycles. The number of likely N-dealkylation sites (tertiary alicyclic amines) is 1. The Kier molecular flexibility index (Phi) is 3.65. The van der Waals surface area contributed by atoms with Gasteiger partial charge in [0.05, 0.1) is 16.3 Å². The first kappa shape index (κ1) is 15.1. The smallest absolute Gasteiger partial charge is 0.264 e. The van der Waals surface area contributed by atoms with E-state index in [4.69, 9.17) is 0 Å². The second kappa shape index (κ2) is 5.56. The van der Waals surface area contributed by atoms with Gasteiger partial charge in [0.1, 0.15) is 17.8 Å². The number of carbonyl (C=O) groups is 1. The van der Waals surface area contributed by atoms with Gasteiger partial charge in [-0.25, -0.2) is 13.2 Å². The van der Waals surface area contributed by atoms with Crippen molar-refractivity contribution in [2.45, 2.75) is 23.2 Å². The molecule has 1 fully saturated rings. The molecule has 120 valence electrons. The molecule has 2 aliphatic rings. The summed E-state index contributed by atoms with van der Waals surface area (Å²) in [5, 5.41) is 0. The van der Waals surface area contributed by atoms with Gasteiger partial charge in [0.25, 0.3) is 5.91 Å². The first-order valence-electron chi connectivity index (χ1n) is 7.22. The minimum Gasteiger partial charge on any atom is -0.335 e. The minimum atomic E-state index is -0.976. The van der Waals surface area contributed by atoms with Crippen molar-refractivity contribution in [2.75, 3.05) is 13.1 Å². The number of carbonyl (C=O) groups excluding carboxylic acids is 1. The van der Waals surface area contributed by atoms with Crippen LogP contribution >= 0.6 is 23.1 Å². The SMILES string of the molecule is O=C(c1cc2c(s1)-c1c(F)ccc(F)c1SC2)N1CCC(F)C1. The maximum atomic E-state index is 14.2. The van der Waals surface area contributed by atoms with Gasteiger partial charge in [0, 0.05) is 22.7 Å². The van der Waals surface area contributed by atoms with Crippen LogP contribution in [0.3, 0.4) is 0 Å². The molecule has 0 saturated carbocycles. The maximum absolute atomic E-state index is 14.2. The molecule has 1 aromatic heterocycles. The molecule has 0 N–H and O–H groups in total. The molecule has 1 atom stereocenters. The third-order valence-electron chi connectivity index (χ3n) is 4.10. The van der Waals surface area contributed by atoms with Crippen LogP contribution in [0, 0.1) is 11.6 Å². The number of hydrogen-bond acceptors (Lipinski definition) is 3. The number of alkyl halides is 1. The van der Waals surface area contributed by atoms with Crippen LogP contribution in [-0.2, 0) is 5.75 Å². The summed E-state index contributed by atoms with van der Waals surface area (Å²) in [6.45, 7) is 0.507. The lowest BCUT2D eigenvalue weighted by atomic mass is 10.1. The number of amides is 1. The Hall–Kier alpha value is -1.47. The molecule has 23 heavy (non-hydrogen) atoms. The van der Waals surface area contributed by atoms with E-state index >= 15 is 0 Å². The lowest BCUT2D eigenvalue weighted by Gasteiger charge is -2.16. The van der Waals surface area contributed by atoms with E-state index in [1.165, 1.54) is 16.7 Å². The van der Waals surface area contributed by atoms with Crippen molar-refractivity contribution >= 4 is 29.0 Å². The zero-order valence-electron chi connectivity index (χ0n) is 11.9. The number of rotatable bonds is 1. The van der Waals surface area contributed by atoms with E-state index in [2.05, 4.69) is 0 Å². The van der Waals surface area contributed by atoms with Gasteiger partial charge in [-0.1, -0.05) is 0 Å². The fraction of sp³-hybridized carbons (Fsp3) is 0.312. The summed E-state index contributed by atoms with van der Waals surface area (Å²) in [6.07, 6.45) is -0.619. The third kappa shape index (κ3) is 2.46. The standard InChI is InChI=1S/C16H12F3NOS2/c17-9-3-4-20(6-9)16(21)12-5-8-7-22-15-11(19)2-1-10(18)13(15)14(8)23-12/h1-2,5,9H,3-4,6-7H2. The molecular weight excluding hydrogens is 343 g/mol. The van der Waals surface area contributed by atoms with Gasteiger partial charge in [-0.15, -0.1) is 23.1 Å². The zero-order valence-corrected chi connectivity index (χ0v) is 13.6. The Morgan fingerprint density at radius 3 is 2.78 bits per heavy atom. The third-order valence-corrected chi connectivity index (χ3v) is 6.42. The van der Waals surface area contributed by atoms with Crippen LogP contribution < -0.4 is 0 Å². The summed E-state index contributed by atoms with van der Waals surface area (Å²) < 4.78 is 41.4. The van der Waals surface area contributed by atoms with E-state index in [0.29, 0.717) is 33.4 Å². The van der Waals surface area contributed by atoms with Crippen LogP contribution in [0.4, 0.5) is 13.2 Å². The number of halogens is 3. The van der Waals surface area contributed by atoms with Crippen LogP contribution in [0.1, 0.15) is 21.7 Å². The molecule has 0 radical (unpaired) electrons. The second-order valence-electron chi connectivity index (χ2n) is 5.62. The molecule has 1 amide bonds. The van der Waals surface area contributed by atoms with Crippen LogP contribution in [0.15, 0.2) is 23.1 Å². The van der Waals surface area contributed by atoms with E-state index < -0.39 is 17.8 Å². The van der Waals surface area contributed by atoms with E-state index in [0.717, 1.165) is 29.0 Å². The van der Waals surface area contributed by atoms with Gasteiger partial charge in [0.15, 0.2) is 0 Å². The average Bonchev–Trinajstić information content (AvgIpc) is 3.15. The van der Waals surface area contributed by atoms with Gasteiger partial charge in [-0.2, -0.15) is 0 Å². The number of hydrogen-bond donors (Lipinski definition) is 0. The van der Waals surface area contributed by atoms with E-state index in [1.807, 2.05) is 0 Å². The molecule has 3 heterocycles. The predicted molar refractivity (Wildman–Crippen MR) is 84.6 cm³/mol. The topological polar surface area (TPSA) is 20.3 Å². The Balaban J connectivity index is 1.74. The van der Waals surface area contributed by atoms with Crippen molar-refractivity contribution in [3.05, 3.63) is 40.3 Å². The van der Waals surface area contributed by atoms with Gasteiger partial charge in [0.2, 0.25) is 0 Å². The molecule has 0 bridgehead atoms. The van der Waals surface area contributed by atoms with Crippen molar-refractivity contribution in [1.29, 1.82) is 0 Å². The van der Waals surface area contributed by atoms with Crippen molar-refractivity contribution < 1.29 is 18.0 Å². The van der Waals surface area contributed by atoms with Crippen LogP contribution in [0.2, 0.25) is 0 Å². The summed E-state index contributed by atoms with van der Waals surface area (Å²) in [5.74, 6) is -0.662. The number of thiophene rings is 1. The van der Waals surface area contributed by atoms with Gasteiger partial charge in [-0.05, 0) is 30.2 Å². The lowest BCUT2D eigenvalue weighted by Crippen LogP contribution is -2.28. The predicted octanol–water partition coefficient (Wildman–Crippen LogP) is 4.48. The number of benzene rings is 1. The number of thioether (sulfide) groups is 1. The number of fused-ring (bicyclic) bond motifs is 3. The first-order chi connectivity index (χ1) is 11.0. The number of nitrogens with zero attached hydrogens (tertiary/aromatic N) is 1. The van der Waals surface area contributed by atoms with Crippen molar-refractivity contribution in [3.63, 3.8) is 0 Å². The highest BCUT2D eigenvalue weighted by Gasteiger charge is 2.31. The second-order valence-corrected chi connectivity index (χ2v) is 7.66. The quantitative estimate of drug-likeness (QED) is 0.752. The zero-order chi connectivity index (χ0) is 16.1. The summed E-state index contributed by atoms with van der Waals surface area (Å²) in [7, 11) is 0. The van der Waals surface area contributed by atoms with Crippen LogP contribution in [-0.4, -0.2) is 30.1 Å². The summed E-state index contributed by atoms with van der Waals surface area (Å²) in [4.78, 5) is 15.3. The lowest BCUT2D eigenvalue weighted by molar-refractivity contribution is 0.0787. The highest BCUT2D eigenvalue weighted by atomic mass is 32.2. The van der Waals surface area contributed by atoms with Crippen LogP contribution in [0.5, 0.6) is 0 Å². The Morgan fingerprint density at radius 2 is 2.04 bits per heavy atom. The fourth-order valence-corrected chi connectivity index (χ4v) is 5.38. The molecule has 1 saturated heterocycles. The van der Waals surface area contributed by atoms with E-state index in [-0.39, 0.29) is 18.0 Å². The summed E-state index contributed by atoms with van der Waals surface area (Å²) in [5.41, 5.74) is 1.07. The fourth-order valence-electron chi connectivity index (χ4n) is 2.95. The van der Waals surface area contributed by atoms with Crippen molar-refractivity contribution in [1.82, 2.24) is 4.90 Å². The van der Waals surface area contributed by atoms with Gasteiger partial charge < -0.3 is 4.90 Å². The molecule has 4 rings (SSSR count). The Bertz CT molecular complexity index is 805. The highest BCUT2D eigenvalue weighted by Crippen LogP contribution is 2.48. The summed E-state index contributed by atoms with van der Waals surface area (Å²) >= 11 is 2.40. The van der Waals surface area contributed by atoms with E-state index in [1.54, 1.807) is 6.07 Å². The van der Waals surface area contributed by atoms with E-state index in [9.17, 15) is 18.0 Å². The average molecular weight is 355 g/mol. The maximum Gasteiger partial charge on any atom is 0.264 e. The van der Waals surface area contributed by atoms with Crippen LogP contribution in [0.25, 0.3) is 10.4 Å². The van der Waals surface area contributed by atoms with Crippen molar-refractivity contribution in [2.24, 2.45) is 0 Å².